The van der Waals surface area contributed by atoms with Crippen molar-refractivity contribution in [1.29, 1.82) is 0 Å². The number of methoxy groups -OCH3 is 2. The molecule has 2 aliphatic carbocycles. The average Bonchev–Trinajstić information content (AvgIpc) is 3.08. The maximum absolute atomic E-state index is 13.1. The smallest absolute Gasteiger partial charge is 0.232 e. The minimum absolute atomic E-state index is 0.0574. The van der Waals surface area contributed by atoms with E-state index in [0.717, 1.165) is 16.7 Å². The molecule has 1 aromatic rings. The molecule has 4 rings (SSSR count). The molecule has 138 valence electrons. The number of benzene rings is 1. The first-order chi connectivity index (χ1) is 12.3. The van der Waals surface area contributed by atoms with Crippen LogP contribution in [0.5, 0.6) is 0 Å². The van der Waals surface area contributed by atoms with Gasteiger partial charge in [0, 0.05) is 22.9 Å². The maximum Gasteiger partial charge on any atom is 0.232 e. The third-order valence-corrected chi connectivity index (χ3v) is 5.68. The molecule has 1 aromatic carbocycles. The van der Waals surface area contributed by atoms with Gasteiger partial charge in [0.25, 0.3) is 0 Å². The minimum atomic E-state index is -0.673. The van der Waals surface area contributed by atoms with E-state index in [1.807, 2.05) is 13.8 Å². The van der Waals surface area contributed by atoms with Crippen LogP contribution in [0.1, 0.15) is 57.4 Å². The monoisotopic (exact) mass is 422 g/mol. The Morgan fingerprint density at radius 3 is 2.42 bits per heavy atom. The van der Waals surface area contributed by atoms with E-state index in [-0.39, 0.29) is 35.3 Å². The lowest BCUT2D eigenvalue weighted by Gasteiger charge is -2.25. The molecule has 7 heteroatoms. The fourth-order valence-corrected chi connectivity index (χ4v) is 4.64. The van der Waals surface area contributed by atoms with Crippen molar-refractivity contribution in [3.05, 3.63) is 45.4 Å². The van der Waals surface area contributed by atoms with Crippen LogP contribution in [0.15, 0.2) is 17.6 Å². The van der Waals surface area contributed by atoms with Crippen molar-refractivity contribution < 1.29 is 28.5 Å². The number of hydrogen-bond acceptors (Lipinski definition) is 6. The molecule has 3 aliphatic rings. The molecule has 0 bridgehead atoms. The predicted molar refractivity (Wildman–Crippen MR) is 95.3 cm³/mol. The highest BCUT2D eigenvalue weighted by atomic mass is 79.9. The van der Waals surface area contributed by atoms with Crippen molar-refractivity contribution in [3.63, 3.8) is 0 Å². The van der Waals surface area contributed by atoms with Gasteiger partial charge in [-0.3, -0.25) is 9.59 Å². The highest BCUT2D eigenvalue weighted by Crippen LogP contribution is 2.50. The summed E-state index contributed by atoms with van der Waals surface area (Å²) in [6.07, 6.45) is 0.0934. The van der Waals surface area contributed by atoms with Crippen LogP contribution in [-0.2, 0) is 30.7 Å². The molecule has 1 saturated heterocycles. The number of halogens is 1. The third kappa shape index (κ3) is 2.30. The van der Waals surface area contributed by atoms with E-state index >= 15 is 0 Å². The second-order valence-electron chi connectivity index (χ2n) is 7.01. The Balaban J connectivity index is 1.94. The molecule has 2 atom stereocenters. The van der Waals surface area contributed by atoms with Crippen LogP contribution in [0.3, 0.4) is 0 Å². The summed E-state index contributed by atoms with van der Waals surface area (Å²) in [6.45, 7) is 3.75. The molecular weight excluding hydrogens is 404 g/mol. The number of carbonyl (C=O) groups is 2. The lowest BCUT2D eigenvalue weighted by atomic mass is 9.84. The number of allylic oxidation sites excluding steroid dienone is 2. The van der Waals surface area contributed by atoms with Gasteiger partial charge in [0.2, 0.25) is 23.1 Å². The zero-order chi connectivity index (χ0) is 18.8. The summed E-state index contributed by atoms with van der Waals surface area (Å²) >= 11 is 3.50. The molecule has 1 fully saturated rings. The molecule has 1 aliphatic heterocycles. The Bertz CT molecular complexity index is 869. The van der Waals surface area contributed by atoms with Gasteiger partial charge < -0.3 is 18.9 Å². The first-order valence-electron chi connectivity index (χ1n) is 8.34. The summed E-state index contributed by atoms with van der Waals surface area (Å²) < 4.78 is 22.4. The molecule has 0 radical (unpaired) electrons. The number of rotatable bonds is 3. The third-order valence-electron chi connectivity index (χ3n) is 5.08. The number of ketones is 2. The number of alkyl halides is 1. The van der Waals surface area contributed by atoms with Gasteiger partial charge in [0.15, 0.2) is 5.79 Å². The summed E-state index contributed by atoms with van der Waals surface area (Å²) in [5.74, 6) is -1.47. The Hall–Kier alpha value is -1.70. The predicted octanol–water partition coefficient (Wildman–Crippen LogP) is 3.21. The van der Waals surface area contributed by atoms with Crippen molar-refractivity contribution in [2.45, 2.75) is 43.6 Å². The van der Waals surface area contributed by atoms with Crippen LogP contribution in [0.25, 0.3) is 0 Å². The van der Waals surface area contributed by atoms with Gasteiger partial charge in [0.1, 0.15) is 6.10 Å². The van der Waals surface area contributed by atoms with Crippen molar-refractivity contribution in [2.75, 3.05) is 14.2 Å². The fourth-order valence-electron chi connectivity index (χ4n) is 4.17. The summed E-state index contributed by atoms with van der Waals surface area (Å²) in [7, 11) is 2.72. The van der Waals surface area contributed by atoms with Gasteiger partial charge in [0.05, 0.1) is 20.3 Å². The molecule has 2 unspecified atom stereocenters. The topological polar surface area (TPSA) is 71.1 Å². The Kier molecular flexibility index (Phi) is 4.02. The Morgan fingerprint density at radius 1 is 1.15 bits per heavy atom. The molecule has 1 heterocycles. The van der Waals surface area contributed by atoms with E-state index in [0.29, 0.717) is 22.9 Å². The van der Waals surface area contributed by atoms with Gasteiger partial charge in [-0.05, 0) is 36.6 Å². The normalized spacial score (nSPS) is 25.9. The molecular formula is C19H19BrO6. The van der Waals surface area contributed by atoms with Gasteiger partial charge in [-0.25, -0.2) is 0 Å². The first kappa shape index (κ1) is 17.7. The van der Waals surface area contributed by atoms with Gasteiger partial charge >= 0.3 is 0 Å². The molecule has 6 nitrogen and oxygen atoms in total. The molecule has 0 saturated carbocycles. The summed E-state index contributed by atoms with van der Waals surface area (Å²) in [6, 6.07) is 1.76. The molecule has 0 aromatic heterocycles. The zero-order valence-electron chi connectivity index (χ0n) is 15.0. The van der Waals surface area contributed by atoms with E-state index in [1.165, 1.54) is 14.2 Å². The average molecular weight is 423 g/mol. The molecule has 0 amide bonds. The van der Waals surface area contributed by atoms with Crippen molar-refractivity contribution in [3.8, 4) is 0 Å². The highest BCUT2D eigenvalue weighted by Gasteiger charge is 2.50. The second-order valence-corrected chi connectivity index (χ2v) is 7.57. The van der Waals surface area contributed by atoms with Crippen LogP contribution in [0.4, 0.5) is 0 Å². The van der Waals surface area contributed by atoms with E-state index in [4.69, 9.17) is 18.9 Å². The van der Waals surface area contributed by atoms with E-state index in [9.17, 15) is 9.59 Å². The van der Waals surface area contributed by atoms with Crippen LogP contribution in [-0.4, -0.2) is 37.7 Å². The number of ether oxygens (including phenoxy) is 4. The SMILES string of the molecule is COC1=C(OC)C(=O)c2c(cc(CBr)c3c2CC2OC(C)(C)OC32)C1=O. The largest absolute Gasteiger partial charge is 0.489 e. The van der Waals surface area contributed by atoms with Gasteiger partial charge in [-0.1, -0.05) is 15.9 Å². The molecule has 0 N–H and O–H groups in total. The van der Waals surface area contributed by atoms with Crippen molar-refractivity contribution in [1.82, 2.24) is 0 Å². The summed E-state index contributed by atoms with van der Waals surface area (Å²) in [5.41, 5.74) is 3.40. The summed E-state index contributed by atoms with van der Waals surface area (Å²) in [4.78, 5) is 25.9. The first-order valence-corrected chi connectivity index (χ1v) is 9.47. The second kappa shape index (κ2) is 5.90. The van der Waals surface area contributed by atoms with Gasteiger partial charge in [-0.2, -0.15) is 0 Å². The van der Waals surface area contributed by atoms with Crippen LogP contribution >= 0.6 is 15.9 Å². The number of hydrogen-bond donors (Lipinski definition) is 0. The van der Waals surface area contributed by atoms with Crippen molar-refractivity contribution in [2.24, 2.45) is 0 Å². The lowest BCUT2D eigenvalue weighted by Crippen LogP contribution is -2.27. The van der Waals surface area contributed by atoms with Crippen LogP contribution in [0, 0.1) is 0 Å². The van der Waals surface area contributed by atoms with E-state index in [2.05, 4.69) is 15.9 Å². The molecule has 26 heavy (non-hydrogen) atoms. The van der Waals surface area contributed by atoms with E-state index < -0.39 is 5.79 Å². The molecule has 0 spiro atoms. The van der Waals surface area contributed by atoms with Crippen LogP contribution < -0.4 is 0 Å². The van der Waals surface area contributed by atoms with Gasteiger partial charge in [-0.15, -0.1) is 0 Å². The fraction of sp³-hybridized carbons (Fsp3) is 0.474. The number of fused-ring (bicyclic) bond motifs is 5. The van der Waals surface area contributed by atoms with E-state index in [1.54, 1.807) is 6.07 Å². The quantitative estimate of drug-likeness (QED) is 0.696. The number of carbonyl (C=O) groups excluding carboxylic acids is 2. The number of Topliss-reactive ketones (excluding diaryl/α,β-unsaturated/α-hetero) is 2. The standard InChI is InChI=1S/C19H19BrO6/c1-19(2)25-11-6-9-12(16(11)26-19)8(7-20)5-10-13(9)15(22)18(24-4)17(23-3)14(10)21/h5,11,16H,6-7H2,1-4H3. The minimum Gasteiger partial charge on any atom is -0.489 e. The lowest BCUT2D eigenvalue weighted by molar-refractivity contribution is -0.148. The summed E-state index contributed by atoms with van der Waals surface area (Å²) in [5, 5.41) is 0.542. The Morgan fingerprint density at radius 2 is 1.81 bits per heavy atom. The highest BCUT2D eigenvalue weighted by molar-refractivity contribution is 9.08. The maximum atomic E-state index is 13.1. The van der Waals surface area contributed by atoms with Crippen LogP contribution in [0.2, 0.25) is 0 Å². The zero-order valence-corrected chi connectivity index (χ0v) is 16.6. The van der Waals surface area contributed by atoms with Crippen molar-refractivity contribution >= 4 is 27.5 Å². The Labute approximate surface area is 159 Å².